The van der Waals surface area contributed by atoms with Crippen LogP contribution < -0.4 is 12.4 Å². The van der Waals surface area contributed by atoms with Crippen molar-refractivity contribution >= 4 is 0 Å². The Morgan fingerprint density at radius 1 is 1.60 bits per heavy atom. The average molecular weight is 191 g/mol. The average Bonchev–Trinajstić information content (AvgIpc) is 1.37. The van der Waals surface area contributed by atoms with Gasteiger partial charge in [0.1, 0.15) is 0 Å². The first-order valence-electron chi connectivity index (χ1n) is 1.71. The van der Waals surface area contributed by atoms with Crippen molar-refractivity contribution in [1.29, 1.82) is 0 Å². The third kappa shape index (κ3) is 11.0. The summed E-state index contributed by atoms with van der Waals surface area (Å²) in [6.07, 6.45) is 1.40. The molecule has 0 rings (SSSR count). The molecule has 0 radical (unpaired) electrons. The summed E-state index contributed by atoms with van der Waals surface area (Å²) in [6, 6.07) is 0. The molecule has 0 atom stereocenters. The predicted molar refractivity (Wildman–Crippen MR) is 15.1 cm³/mol. The molecule has 0 aliphatic rings. The van der Waals surface area contributed by atoms with E-state index in [-0.39, 0.29) is 12.4 Å². The summed E-state index contributed by atoms with van der Waals surface area (Å²) in [6.45, 7) is 2.22. The smallest absolute Gasteiger partial charge is 1.00 e. The Bertz CT molecular complexity index is 8.85. The maximum Gasteiger partial charge on any atom is -1.00 e. The minimum Gasteiger partial charge on any atom is -1.00 e. The van der Waals surface area contributed by atoms with E-state index in [1.54, 1.807) is 0 Å². The van der Waals surface area contributed by atoms with Crippen LogP contribution in [0.3, 0.4) is 0 Å². The number of halogens is 1. The molecule has 5 heavy (non-hydrogen) atoms. The van der Waals surface area contributed by atoms with Crippen molar-refractivity contribution < 1.29 is 38.2 Å². The SMILES string of the molecule is CC[CH2][Cd+].[Cl-]. The Kier molecular flexibility index (Phi) is 17.1. The van der Waals surface area contributed by atoms with Crippen LogP contribution >= 0.6 is 0 Å². The molecule has 0 saturated carbocycles. The van der Waals surface area contributed by atoms with Crippen LogP contribution in [-0.2, 0) is 25.8 Å². The first-order chi connectivity index (χ1) is 1.91. The van der Waals surface area contributed by atoms with E-state index in [0.29, 0.717) is 0 Å². The molecule has 0 N–H and O–H groups in total. The van der Waals surface area contributed by atoms with Crippen molar-refractivity contribution in [3.05, 3.63) is 0 Å². The van der Waals surface area contributed by atoms with E-state index in [4.69, 9.17) is 0 Å². The second-order valence-corrected chi connectivity index (χ2v) is 2.87. The Morgan fingerprint density at radius 2 is 1.80 bits per heavy atom. The Balaban J connectivity index is 0. The van der Waals surface area contributed by atoms with E-state index in [1.165, 1.54) is 36.2 Å². The molecular weight excluding hydrogens is 184 g/mol. The topological polar surface area (TPSA) is 0 Å². The summed E-state index contributed by atoms with van der Waals surface area (Å²) in [5.74, 6) is 0. The normalized spacial score (nSPS) is 6.20. The Hall–Kier alpha value is 1.21. The van der Waals surface area contributed by atoms with Gasteiger partial charge in [-0.15, -0.1) is 0 Å². The molecule has 0 aromatic carbocycles. The second-order valence-electron chi connectivity index (χ2n) is 0.854. The van der Waals surface area contributed by atoms with Gasteiger partial charge in [0, 0.05) is 0 Å². The zero-order chi connectivity index (χ0) is 3.41. The van der Waals surface area contributed by atoms with E-state index in [0.717, 1.165) is 0 Å². The number of hydrogen-bond acceptors (Lipinski definition) is 0. The molecule has 0 fully saturated rings. The van der Waals surface area contributed by atoms with Crippen LogP contribution in [0.25, 0.3) is 0 Å². The maximum absolute atomic E-state index is 2.22. The minimum atomic E-state index is 0. The first kappa shape index (κ1) is 9.51. The van der Waals surface area contributed by atoms with E-state index in [9.17, 15) is 0 Å². The summed E-state index contributed by atoms with van der Waals surface area (Å²) in [4.78, 5) is 0. The molecule has 0 bridgehead atoms. The van der Waals surface area contributed by atoms with Gasteiger partial charge in [0.25, 0.3) is 0 Å². The van der Waals surface area contributed by atoms with Gasteiger partial charge in [0.15, 0.2) is 0 Å². The molecule has 0 aliphatic carbocycles. The van der Waals surface area contributed by atoms with Crippen LogP contribution in [0.4, 0.5) is 0 Å². The molecule has 0 heterocycles. The van der Waals surface area contributed by atoms with Crippen molar-refractivity contribution in [2.45, 2.75) is 17.3 Å². The van der Waals surface area contributed by atoms with Gasteiger partial charge in [-0.1, -0.05) is 0 Å². The van der Waals surface area contributed by atoms with E-state index in [1.807, 2.05) is 0 Å². The summed E-state index contributed by atoms with van der Waals surface area (Å²) in [7, 11) is 0. The van der Waals surface area contributed by atoms with Crippen LogP contribution in [0.5, 0.6) is 0 Å². The minimum absolute atomic E-state index is 0. The third-order valence-corrected chi connectivity index (χ3v) is 2.37. The monoisotopic (exact) mass is 192 g/mol. The first-order valence-corrected chi connectivity index (χ1v) is 4.56. The van der Waals surface area contributed by atoms with Crippen LogP contribution in [0.2, 0.25) is 3.98 Å². The van der Waals surface area contributed by atoms with Gasteiger partial charge in [-0.05, 0) is 0 Å². The van der Waals surface area contributed by atoms with Gasteiger partial charge in [0.05, 0.1) is 0 Å². The van der Waals surface area contributed by atoms with Crippen molar-refractivity contribution in [2.75, 3.05) is 0 Å². The maximum atomic E-state index is 2.22. The zero-order valence-electron chi connectivity index (χ0n) is 3.50. The third-order valence-electron chi connectivity index (χ3n) is 0.354. The molecule has 0 nitrogen and oxygen atoms in total. The van der Waals surface area contributed by atoms with Crippen LogP contribution in [-0.4, -0.2) is 0 Å². The molecular formula is C3H7CdCl. The molecule has 0 amide bonds. The predicted octanol–water partition coefficient (Wildman–Crippen LogP) is -1.63. The summed E-state index contributed by atoms with van der Waals surface area (Å²) in [5, 5.41) is 0. The van der Waals surface area contributed by atoms with Crippen molar-refractivity contribution in [3.63, 3.8) is 0 Å². The fourth-order valence-electron chi connectivity index (χ4n) is 0. The summed E-state index contributed by atoms with van der Waals surface area (Å²) >= 11 is 1.21. The van der Waals surface area contributed by atoms with E-state index >= 15 is 0 Å². The van der Waals surface area contributed by atoms with E-state index in [2.05, 4.69) is 6.92 Å². The van der Waals surface area contributed by atoms with Gasteiger partial charge < -0.3 is 12.4 Å². The molecule has 0 aromatic rings. The van der Waals surface area contributed by atoms with Gasteiger partial charge in [-0.3, -0.25) is 0 Å². The van der Waals surface area contributed by atoms with E-state index < -0.39 is 0 Å². The van der Waals surface area contributed by atoms with Crippen LogP contribution in [0.1, 0.15) is 13.3 Å². The van der Waals surface area contributed by atoms with Gasteiger partial charge in [-0.25, -0.2) is 0 Å². The van der Waals surface area contributed by atoms with Crippen LogP contribution in [0.15, 0.2) is 0 Å². The van der Waals surface area contributed by atoms with Crippen molar-refractivity contribution in [3.8, 4) is 0 Å². The molecule has 0 unspecified atom stereocenters. The standard InChI is InChI=1S/C3H7.Cd.ClH/c1-3-2;;/h1,3H2,2H3;;1H/q;+1;/p-1. The van der Waals surface area contributed by atoms with Crippen molar-refractivity contribution in [1.82, 2.24) is 0 Å². The number of rotatable bonds is 1. The van der Waals surface area contributed by atoms with Gasteiger partial charge >= 0.3 is 43.1 Å². The van der Waals surface area contributed by atoms with Gasteiger partial charge in [-0.2, -0.15) is 0 Å². The molecule has 28 valence electrons. The molecule has 2 heteroatoms. The fraction of sp³-hybridized carbons (Fsp3) is 1.00. The summed E-state index contributed by atoms with van der Waals surface area (Å²) in [5.41, 5.74) is 0. The quantitative estimate of drug-likeness (QED) is 0.436. The molecule has 0 aliphatic heterocycles. The molecule has 0 spiro atoms. The largest absolute Gasteiger partial charge is 1.00 e. The Morgan fingerprint density at radius 3 is 1.80 bits per heavy atom. The second kappa shape index (κ2) is 8.96. The fourth-order valence-corrected chi connectivity index (χ4v) is 0. The van der Waals surface area contributed by atoms with Gasteiger partial charge in [0.2, 0.25) is 0 Å². The number of hydrogen-bond donors (Lipinski definition) is 0. The Labute approximate surface area is 55.4 Å². The van der Waals surface area contributed by atoms with Crippen molar-refractivity contribution in [2.24, 2.45) is 0 Å². The van der Waals surface area contributed by atoms with Crippen LogP contribution in [0, 0.1) is 0 Å². The molecule has 0 saturated heterocycles. The summed E-state index contributed by atoms with van der Waals surface area (Å²) < 4.78 is 1.49. The zero-order valence-corrected chi connectivity index (χ0v) is 8.29. The molecule has 0 aromatic heterocycles.